The van der Waals surface area contributed by atoms with E-state index in [4.69, 9.17) is 4.74 Å². The lowest BCUT2D eigenvalue weighted by Crippen LogP contribution is -2.36. The van der Waals surface area contributed by atoms with Gasteiger partial charge in [-0.3, -0.25) is 14.2 Å². The topological polar surface area (TPSA) is 73.2 Å². The highest BCUT2D eigenvalue weighted by atomic mass is 16.5. The zero-order chi connectivity index (χ0) is 19.5. The zero-order valence-corrected chi connectivity index (χ0v) is 15.9. The third-order valence-electron chi connectivity index (χ3n) is 5.29. The third-order valence-corrected chi connectivity index (χ3v) is 5.29. The number of nitrogens with zero attached hydrogens (tertiary/aromatic N) is 2. The van der Waals surface area contributed by atoms with Gasteiger partial charge in [0.1, 0.15) is 12.1 Å². The first-order valence-electron chi connectivity index (χ1n) is 9.62. The van der Waals surface area contributed by atoms with Gasteiger partial charge in [0.2, 0.25) is 0 Å². The van der Waals surface area contributed by atoms with Crippen molar-refractivity contribution in [2.75, 3.05) is 7.11 Å². The van der Waals surface area contributed by atoms with Crippen LogP contribution in [0.4, 0.5) is 0 Å². The quantitative estimate of drug-likeness (QED) is 0.756. The van der Waals surface area contributed by atoms with Crippen molar-refractivity contribution >= 4 is 16.8 Å². The smallest absolute Gasteiger partial charge is 0.265 e. The first kappa shape index (κ1) is 18.2. The maximum absolute atomic E-state index is 12.9. The number of aromatic nitrogens is 2. The minimum atomic E-state index is -0.183. The number of ether oxygens (including phenoxy) is 1. The van der Waals surface area contributed by atoms with Crippen LogP contribution in [0.25, 0.3) is 16.6 Å². The molecule has 2 aromatic carbocycles. The summed E-state index contributed by atoms with van der Waals surface area (Å²) >= 11 is 0. The molecule has 1 saturated carbocycles. The lowest BCUT2D eigenvalue weighted by atomic mass is 9.95. The second-order valence-electron chi connectivity index (χ2n) is 7.16. The molecular formula is C22H23N3O3. The molecule has 0 radical (unpaired) electrons. The van der Waals surface area contributed by atoms with Gasteiger partial charge < -0.3 is 10.1 Å². The van der Waals surface area contributed by atoms with E-state index in [-0.39, 0.29) is 17.5 Å². The van der Waals surface area contributed by atoms with Crippen LogP contribution < -0.4 is 15.6 Å². The Labute approximate surface area is 163 Å². The average molecular weight is 377 g/mol. The van der Waals surface area contributed by atoms with E-state index in [0.717, 1.165) is 25.7 Å². The van der Waals surface area contributed by atoms with Gasteiger partial charge in [-0.05, 0) is 43.2 Å². The number of amides is 1. The van der Waals surface area contributed by atoms with Crippen LogP contribution in [-0.4, -0.2) is 28.6 Å². The highest BCUT2D eigenvalue weighted by Crippen LogP contribution is 2.19. The molecule has 0 spiro atoms. The Morgan fingerprint density at radius 2 is 1.96 bits per heavy atom. The zero-order valence-electron chi connectivity index (χ0n) is 15.9. The summed E-state index contributed by atoms with van der Waals surface area (Å²) in [5.74, 6) is 0.562. The summed E-state index contributed by atoms with van der Waals surface area (Å²) in [7, 11) is 1.58. The molecule has 1 N–H and O–H groups in total. The molecule has 3 aromatic rings. The fourth-order valence-corrected chi connectivity index (χ4v) is 3.72. The fourth-order valence-electron chi connectivity index (χ4n) is 3.72. The summed E-state index contributed by atoms with van der Waals surface area (Å²) in [5, 5.41) is 3.57. The van der Waals surface area contributed by atoms with Gasteiger partial charge >= 0.3 is 0 Å². The fraction of sp³-hybridized carbons (Fsp3) is 0.318. The summed E-state index contributed by atoms with van der Waals surface area (Å²) in [4.78, 5) is 29.9. The number of methoxy groups -OCH3 is 1. The van der Waals surface area contributed by atoms with Crippen molar-refractivity contribution in [3.05, 3.63) is 64.7 Å². The number of hydrogen-bond acceptors (Lipinski definition) is 4. The third kappa shape index (κ3) is 3.63. The minimum Gasteiger partial charge on any atom is -0.497 e. The highest BCUT2D eigenvalue weighted by molar-refractivity contribution is 5.97. The second-order valence-corrected chi connectivity index (χ2v) is 7.16. The molecule has 0 unspecified atom stereocenters. The van der Waals surface area contributed by atoms with E-state index in [0.29, 0.717) is 27.9 Å². The molecule has 1 aliphatic carbocycles. The van der Waals surface area contributed by atoms with Crippen molar-refractivity contribution in [2.24, 2.45) is 0 Å². The van der Waals surface area contributed by atoms with E-state index in [9.17, 15) is 9.59 Å². The van der Waals surface area contributed by atoms with E-state index in [1.807, 2.05) is 18.2 Å². The standard InChI is InChI=1S/C22H23N3O3/c1-28-18-9-5-8-17(13-18)25-14-23-20-12-15(10-11-19(20)22(25)27)21(26)24-16-6-3-2-4-7-16/h5,8-14,16H,2-4,6-7H2,1H3,(H,24,26). The van der Waals surface area contributed by atoms with Crippen LogP contribution in [0.15, 0.2) is 53.6 Å². The Morgan fingerprint density at radius 1 is 1.14 bits per heavy atom. The highest BCUT2D eigenvalue weighted by Gasteiger charge is 2.17. The summed E-state index contributed by atoms with van der Waals surface area (Å²) in [6.07, 6.45) is 7.11. The van der Waals surface area contributed by atoms with Crippen molar-refractivity contribution in [2.45, 2.75) is 38.1 Å². The van der Waals surface area contributed by atoms with Gasteiger partial charge in [0.15, 0.2) is 0 Å². The maximum Gasteiger partial charge on any atom is 0.265 e. The number of rotatable bonds is 4. The van der Waals surface area contributed by atoms with Gasteiger partial charge in [-0.2, -0.15) is 0 Å². The van der Waals surface area contributed by atoms with Crippen LogP contribution in [0.1, 0.15) is 42.5 Å². The predicted octanol–water partition coefficient (Wildman–Crippen LogP) is 3.46. The molecule has 0 aliphatic heterocycles. The van der Waals surface area contributed by atoms with Crippen molar-refractivity contribution in [3.8, 4) is 11.4 Å². The SMILES string of the molecule is COc1cccc(-n2cnc3cc(C(=O)NC4CCCCC4)ccc3c2=O)c1. The van der Waals surface area contributed by atoms with Crippen molar-refractivity contribution < 1.29 is 9.53 Å². The molecule has 1 aromatic heterocycles. The van der Waals surface area contributed by atoms with Crippen LogP contribution >= 0.6 is 0 Å². The Kier molecular flexibility index (Phi) is 5.10. The molecule has 1 heterocycles. The van der Waals surface area contributed by atoms with E-state index < -0.39 is 0 Å². The number of benzene rings is 2. The van der Waals surface area contributed by atoms with Gasteiger partial charge in [-0.25, -0.2) is 4.98 Å². The number of fused-ring (bicyclic) bond motifs is 1. The molecule has 144 valence electrons. The van der Waals surface area contributed by atoms with E-state index in [2.05, 4.69) is 10.3 Å². The van der Waals surface area contributed by atoms with E-state index >= 15 is 0 Å². The molecular weight excluding hydrogens is 354 g/mol. The minimum absolute atomic E-state index is 0.104. The lowest BCUT2D eigenvalue weighted by Gasteiger charge is -2.22. The number of nitrogens with one attached hydrogen (secondary N) is 1. The summed E-state index contributed by atoms with van der Waals surface area (Å²) < 4.78 is 6.71. The maximum atomic E-state index is 12.9. The Balaban J connectivity index is 1.64. The van der Waals surface area contributed by atoms with Crippen LogP contribution in [0.2, 0.25) is 0 Å². The molecule has 4 rings (SSSR count). The number of hydrogen-bond donors (Lipinski definition) is 1. The van der Waals surface area contributed by atoms with Gasteiger partial charge in [0, 0.05) is 17.7 Å². The van der Waals surface area contributed by atoms with Gasteiger partial charge in [-0.1, -0.05) is 25.3 Å². The molecule has 0 saturated heterocycles. The van der Waals surface area contributed by atoms with Crippen molar-refractivity contribution in [1.29, 1.82) is 0 Å². The molecule has 6 heteroatoms. The number of carbonyl (C=O) groups is 1. The molecule has 28 heavy (non-hydrogen) atoms. The molecule has 1 fully saturated rings. The monoisotopic (exact) mass is 377 g/mol. The second kappa shape index (κ2) is 7.84. The van der Waals surface area contributed by atoms with Gasteiger partial charge in [0.05, 0.1) is 23.7 Å². The normalized spacial score (nSPS) is 14.8. The van der Waals surface area contributed by atoms with Crippen molar-refractivity contribution in [1.82, 2.24) is 14.9 Å². The van der Waals surface area contributed by atoms with Crippen LogP contribution in [0.5, 0.6) is 5.75 Å². The summed E-state index contributed by atoms with van der Waals surface area (Å²) in [6, 6.07) is 12.5. The Hall–Kier alpha value is -3.15. The summed E-state index contributed by atoms with van der Waals surface area (Å²) in [6.45, 7) is 0. The van der Waals surface area contributed by atoms with E-state index in [1.165, 1.54) is 17.3 Å². The summed E-state index contributed by atoms with van der Waals surface area (Å²) in [5.41, 5.74) is 1.54. The Bertz CT molecular complexity index is 1070. The van der Waals surface area contributed by atoms with Crippen LogP contribution in [-0.2, 0) is 0 Å². The van der Waals surface area contributed by atoms with Crippen LogP contribution in [0.3, 0.4) is 0 Å². The first-order valence-corrected chi connectivity index (χ1v) is 9.62. The molecule has 0 atom stereocenters. The Morgan fingerprint density at radius 3 is 2.75 bits per heavy atom. The van der Waals surface area contributed by atoms with Gasteiger partial charge in [-0.15, -0.1) is 0 Å². The van der Waals surface area contributed by atoms with E-state index in [1.54, 1.807) is 31.4 Å². The largest absolute Gasteiger partial charge is 0.497 e. The number of carbonyl (C=O) groups excluding carboxylic acids is 1. The van der Waals surface area contributed by atoms with Crippen molar-refractivity contribution in [3.63, 3.8) is 0 Å². The molecule has 6 nitrogen and oxygen atoms in total. The lowest BCUT2D eigenvalue weighted by molar-refractivity contribution is 0.0928. The van der Waals surface area contributed by atoms with Crippen LogP contribution in [0, 0.1) is 0 Å². The predicted molar refractivity (Wildman–Crippen MR) is 108 cm³/mol. The first-order chi connectivity index (χ1) is 13.7. The average Bonchev–Trinajstić information content (AvgIpc) is 2.74. The van der Waals surface area contributed by atoms with Gasteiger partial charge in [0.25, 0.3) is 11.5 Å². The molecule has 1 aliphatic rings. The molecule has 1 amide bonds. The molecule has 0 bridgehead atoms.